The summed E-state index contributed by atoms with van der Waals surface area (Å²) in [6.45, 7) is 5.76. The van der Waals surface area contributed by atoms with Gasteiger partial charge in [-0.05, 0) is 20.4 Å². The molecule has 0 amide bonds. The second-order valence-corrected chi connectivity index (χ2v) is 7.87. The Morgan fingerprint density at radius 1 is 1.36 bits per heavy atom. The van der Waals surface area contributed by atoms with Crippen molar-refractivity contribution in [1.29, 1.82) is 0 Å². The van der Waals surface area contributed by atoms with Crippen LogP contribution in [0, 0.1) is 6.92 Å². The van der Waals surface area contributed by atoms with Gasteiger partial charge >= 0.3 is 0 Å². The molecular weight excluding hydrogens is 336 g/mol. The maximum absolute atomic E-state index is 11.8. The van der Waals surface area contributed by atoms with E-state index >= 15 is 0 Å². The molecule has 1 saturated heterocycles. The van der Waals surface area contributed by atoms with Crippen LogP contribution >= 0.6 is 11.3 Å². The van der Waals surface area contributed by atoms with Crippen molar-refractivity contribution in [3.63, 3.8) is 0 Å². The van der Waals surface area contributed by atoms with Crippen molar-refractivity contribution in [1.82, 2.24) is 24.8 Å². The number of rotatable bonds is 6. The molecule has 0 unspecified atom stereocenters. The number of nitrogens with one attached hydrogen (secondary N) is 1. The molecule has 0 spiro atoms. The van der Waals surface area contributed by atoms with Crippen LogP contribution in [0.5, 0.6) is 0 Å². The molecule has 1 aliphatic rings. The number of aryl methyl sites for hydroxylation is 1. The Morgan fingerprint density at radius 2 is 2.16 bits per heavy atom. The lowest BCUT2D eigenvalue weighted by Gasteiger charge is -2.24. The third-order valence-electron chi connectivity index (χ3n) is 4.51. The molecule has 1 N–H and O–H groups in total. The van der Waals surface area contributed by atoms with Crippen LogP contribution in [0.4, 0.5) is 5.95 Å². The standard InChI is InChI=1S/C17H26N6OS/c1-12-11-25-16(18-12)10-23-6-5-14(9-23)22(4)8-13-7-15(24)20-17(19-13)21(2)3/h7,11,14H,5-6,8-10H2,1-4H3,(H,19,20,24)/t14-/m0/s1. The van der Waals surface area contributed by atoms with Gasteiger partial charge in [0.15, 0.2) is 0 Å². The van der Waals surface area contributed by atoms with Crippen molar-refractivity contribution >= 4 is 17.3 Å². The van der Waals surface area contributed by atoms with Gasteiger partial charge in [-0.1, -0.05) is 0 Å². The normalized spacial score (nSPS) is 18.2. The van der Waals surface area contributed by atoms with Crippen molar-refractivity contribution in [2.24, 2.45) is 0 Å². The first-order valence-electron chi connectivity index (χ1n) is 8.52. The van der Waals surface area contributed by atoms with Gasteiger partial charge < -0.3 is 4.90 Å². The Hall–Kier alpha value is -1.77. The number of hydrogen-bond donors (Lipinski definition) is 1. The first-order chi connectivity index (χ1) is 11.9. The molecule has 0 saturated carbocycles. The number of likely N-dealkylation sites (tertiary alicyclic amines) is 1. The maximum atomic E-state index is 11.8. The van der Waals surface area contributed by atoms with E-state index in [-0.39, 0.29) is 5.56 Å². The smallest absolute Gasteiger partial charge is 0.252 e. The van der Waals surface area contributed by atoms with Gasteiger partial charge in [0.2, 0.25) is 5.95 Å². The van der Waals surface area contributed by atoms with Gasteiger partial charge in [-0.25, -0.2) is 9.97 Å². The van der Waals surface area contributed by atoms with E-state index in [9.17, 15) is 4.79 Å². The molecule has 136 valence electrons. The molecule has 0 aromatic carbocycles. The topological polar surface area (TPSA) is 68.4 Å². The zero-order chi connectivity index (χ0) is 18.0. The van der Waals surface area contributed by atoms with Crippen molar-refractivity contribution < 1.29 is 0 Å². The summed E-state index contributed by atoms with van der Waals surface area (Å²) in [4.78, 5) is 30.2. The van der Waals surface area contributed by atoms with Gasteiger partial charge in [0.25, 0.3) is 5.56 Å². The fourth-order valence-electron chi connectivity index (χ4n) is 3.15. The zero-order valence-corrected chi connectivity index (χ0v) is 16.1. The van der Waals surface area contributed by atoms with E-state index in [1.165, 1.54) is 5.01 Å². The second kappa shape index (κ2) is 7.63. The third-order valence-corrected chi connectivity index (χ3v) is 5.46. The number of likely N-dealkylation sites (N-methyl/N-ethyl adjacent to an activating group) is 1. The summed E-state index contributed by atoms with van der Waals surface area (Å²) in [6, 6.07) is 2.07. The van der Waals surface area contributed by atoms with E-state index in [0.29, 0.717) is 18.5 Å². The maximum Gasteiger partial charge on any atom is 0.252 e. The van der Waals surface area contributed by atoms with Crippen LogP contribution in [0.2, 0.25) is 0 Å². The van der Waals surface area contributed by atoms with Crippen LogP contribution in [0.25, 0.3) is 0 Å². The molecule has 0 aliphatic carbocycles. The van der Waals surface area contributed by atoms with Gasteiger partial charge in [0.05, 0.1) is 12.2 Å². The third kappa shape index (κ3) is 4.65. The van der Waals surface area contributed by atoms with Crippen LogP contribution in [0.15, 0.2) is 16.2 Å². The predicted octanol–water partition coefficient (Wildman–Crippen LogP) is 1.31. The van der Waals surface area contributed by atoms with Crippen molar-refractivity contribution in [2.45, 2.75) is 32.5 Å². The highest BCUT2D eigenvalue weighted by Crippen LogP contribution is 2.20. The Balaban J connectivity index is 1.59. The van der Waals surface area contributed by atoms with E-state index < -0.39 is 0 Å². The van der Waals surface area contributed by atoms with Crippen LogP contribution in [0.1, 0.15) is 22.8 Å². The lowest BCUT2D eigenvalue weighted by atomic mass is 10.2. The summed E-state index contributed by atoms with van der Waals surface area (Å²) in [5.41, 5.74) is 1.81. The molecular formula is C17H26N6OS. The number of aromatic amines is 1. The SMILES string of the molecule is Cc1csc(CN2CC[C@H](N(C)Cc3cc(=O)[nH]c(N(C)C)n3)C2)n1. The number of hydrogen-bond acceptors (Lipinski definition) is 7. The molecule has 3 rings (SSSR count). The molecule has 7 nitrogen and oxygen atoms in total. The monoisotopic (exact) mass is 362 g/mol. The van der Waals surface area contributed by atoms with E-state index in [4.69, 9.17) is 0 Å². The Labute approximate surface area is 152 Å². The Kier molecular flexibility index (Phi) is 5.51. The van der Waals surface area contributed by atoms with Gasteiger partial charge in [-0.2, -0.15) is 0 Å². The van der Waals surface area contributed by atoms with Crippen molar-refractivity contribution in [3.8, 4) is 0 Å². The average molecular weight is 363 g/mol. The summed E-state index contributed by atoms with van der Waals surface area (Å²) >= 11 is 1.74. The first kappa shape index (κ1) is 18.0. The average Bonchev–Trinajstić information content (AvgIpc) is 3.16. The number of anilines is 1. The minimum absolute atomic E-state index is 0.103. The molecule has 8 heteroatoms. The molecule has 3 heterocycles. The summed E-state index contributed by atoms with van der Waals surface area (Å²) in [6.07, 6.45) is 1.13. The number of H-pyrrole nitrogens is 1. The highest BCUT2D eigenvalue weighted by molar-refractivity contribution is 7.09. The summed E-state index contributed by atoms with van der Waals surface area (Å²) < 4.78 is 0. The molecule has 1 atom stereocenters. The van der Waals surface area contributed by atoms with Gasteiger partial charge in [-0.3, -0.25) is 19.6 Å². The summed E-state index contributed by atoms with van der Waals surface area (Å²) in [7, 11) is 5.86. The molecule has 1 fully saturated rings. The van der Waals surface area contributed by atoms with Gasteiger partial charge in [-0.15, -0.1) is 11.3 Å². The quantitative estimate of drug-likeness (QED) is 0.836. The van der Waals surface area contributed by atoms with Gasteiger partial charge in [0.1, 0.15) is 5.01 Å². The lowest BCUT2D eigenvalue weighted by Crippen LogP contribution is -2.34. The predicted molar refractivity (Wildman–Crippen MR) is 101 cm³/mol. The molecule has 2 aromatic heterocycles. The Morgan fingerprint density at radius 3 is 2.84 bits per heavy atom. The van der Waals surface area contributed by atoms with Crippen LogP contribution < -0.4 is 10.5 Å². The van der Waals surface area contributed by atoms with E-state index in [0.717, 1.165) is 37.4 Å². The molecule has 0 radical (unpaired) electrons. The molecule has 0 bridgehead atoms. The van der Waals surface area contributed by atoms with Crippen LogP contribution in [-0.2, 0) is 13.1 Å². The van der Waals surface area contributed by atoms with Crippen LogP contribution in [-0.4, -0.2) is 65.0 Å². The lowest BCUT2D eigenvalue weighted by molar-refractivity contribution is 0.220. The zero-order valence-electron chi connectivity index (χ0n) is 15.3. The molecule has 2 aromatic rings. The minimum atomic E-state index is -0.103. The fraction of sp³-hybridized carbons (Fsp3) is 0.588. The molecule has 1 aliphatic heterocycles. The summed E-state index contributed by atoms with van der Waals surface area (Å²) in [5.74, 6) is 0.600. The van der Waals surface area contributed by atoms with Crippen molar-refractivity contribution in [3.05, 3.63) is 38.2 Å². The van der Waals surface area contributed by atoms with E-state index in [1.54, 1.807) is 17.4 Å². The van der Waals surface area contributed by atoms with Gasteiger partial charge in [0, 0.05) is 56.9 Å². The number of thiazole rings is 1. The first-order valence-corrected chi connectivity index (χ1v) is 9.40. The van der Waals surface area contributed by atoms with Crippen molar-refractivity contribution in [2.75, 3.05) is 39.1 Å². The Bertz CT molecular complexity index is 770. The molecule has 25 heavy (non-hydrogen) atoms. The largest absolute Gasteiger partial charge is 0.348 e. The fourth-order valence-corrected chi connectivity index (χ4v) is 3.97. The highest BCUT2D eigenvalue weighted by Gasteiger charge is 2.26. The number of aromatic nitrogens is 3. The van der Waals surface area contributed by atoms with E-state index in [1.807, 2.05) is 25.9 Å². The van der Waals surface area contributed by atoms with E-state index in [2.05, 4.69) is 37.2 Å². The van der Waals surface area contributed by atoms with Crippen LogP contribution in [0.3, 0.4) is 0 Å². The summed E-state index contributed by atoms with van der Waals surface area (Å²) in [5, 5.41) is 3.29. The second-order valence-electron chi connectivity index (χ2n) is 6.93. The number of nitrogens with zero attached hydrogens (tertiary/aromatic N) is 5. The highest BCUT2D eigenvalue weighted by atomic mass is 32.1. The minimum Gasteiger partial charge on any atom is -0.348 e.